The third-order valence-corrected chi connectivity index (χ3v) is 2.28. The average Bonchev–Trinajstić information content (AvgIpc) is 2.82. The van der Waals surface area contributed by atoms with Crippen LogP contribution in [0.5, 0.6) is 0 Å². The molecule has 0 aliphatic heterocycles. The molecule has 68 valence electrons. The highest BCUT2D eigenvalue weighted by atomic mass is 16.6. The number of ether oxygens (including phenoxy) is 1. The molecule has 1 fully saturated rings. The van der Waals surface area contributed by atoms with E-state index in [1.807, 2.05) is 0 Å². The Bertz CT molecular complexity index is 180. The van der Waals surface area contributed by atoms with Crippen molar-refractivity contribution in [2.45, 2.75) is 44.6 Å². The predicted octanol–water partition coefficient (Wildman–Crippen LogP) is 2.44. The zero-order valence-electron chi connectivity index (χ0n) is 7.64. The Balaban J connectivity index is 2.29. The largest absolute Gasteiger partial charge is 0.456 e. The summed E-state index contributed by atoms with van der Waals surface area (Å²) in [4.78, 5) is 10.9. The summed E-state index contributed by atoms with van der Waals surface area (Å²) in [7, 11) is 0. The Morgan fingerprint density at radius 1 is 1.67 bits per heavy atom. The van der Waals surface area contributed by atoms with Gasteiger partial charge in [0.15, 0.2) is 0 Å². The van der Waals surface area contributed by atoms with Gasteiger partial charge in [0.05, 0.1) is 0 Å². The van der Waals surface area contributed by atoms with Gasteiger partial charge in [-0.05, 0) is 25.7 Å². The minimum Gasteiger partial charge on any atom is -0.456 e. The monoisotopic (exact) mass is 168 g/mol. The third-order valence-electron chi connectivity index (χ3n) is 2.28. The van der Waals surface area contributed by atoms with Crippen molar-refractivity contribution >= 4 is 5.97 Å². The first kappa shape index (κ1) is 9.30. The van der Waals surface area contributed by atoms with Crippen LogP contribution in [0.1, 0.15) is 39.0 Å². The quantitative estimate of drug-likeness (QED) is 0.465. The van der Waals surface area contributed by atoms with Crippen molar-refractivity contribution in [2.24, 2.45) is 0 Å². The Kier molecular flexibility index (Phi) is 2.90. The van der Waals surface area contributed by atoms with E-state index in [1.54, 1.807) is 0 Å². The van der Waals surface area contributed by atoms with Gasteiger partial charge in [0.25, 0.3) is 0 Å². The smallest absolute Gasteiger partial charge is 0.330 e. The summed E-state index contributed by atoms with van der Waals surface area (Å²) >= 11 is 0. The second-order valence-corrected chi connectivity index (χ2v) is 3.41. The van der Waals surface area contributed by atoms with Gasteiger partial charge in [-0.1, -0.05) is 19.9 Å². The molecule has 0 aromatic carbocycles. The third kappa shape index (κ3) is 2.36. The van der Waals surface area contributed by atoms with Crippen molar-refractivity contribution in [3.8, 4) is 0 Å². The molecule has 12 heavy (non-hydrogen) atoms. The van der Waals surface area contributed by atoms with E-state index >= 15 is 0 Å². The van der Waals surface area contributed by atoms with Crippen LogP contribution in [0.25, 0.3) is 0 Å². The molecule has 0 bridgehead atoms. The molecule has 0 atom stereocenters. The van der Waals surface area contributed by atoms with E-state index in [1.165, 1.54) is 6.08 Å². The Morgan fingerprint density at radius 2 is 2.33 bits per heavy atom. The second kappa shape index (κ2) is 3.74. The number of rotatable bonds is 5. The van der Waals surface area contributed by atoms with Crippen LogP contribution >= 0.6 is 0 Å². The van der Waals surface area contributed by atoms with Crippen molar-refractivity contribution in [3.63, 3.8) is 0 Å². The fraction of sp³-hybridized carbons (Fsp3) is 0.700. The average molecular weight is 168 g/mol. The first-order chi connectivity index (χ1) is 5.72. The fourth-order valence-electron chi connectivity index (χ4n) is 1.30. The standard InChI is InChI=1S/C10H16O2/c1-3-5-6-10(7-8-10)12-9(11)4-2/h4H,2-3,5-8H2,1H3. The first-order valence-corrected chi connectivity index (χ1v) is 4.58. The summed E-state index contributed by atoms with van der Waals surface area (Å²) in [6.45, 7) is 5.52. The van der Waals surface area contributed by atoms with Gasteiger partial charge >= 0.3 is 5.97 Å². The molecule has 0 aromatic rings. The number of hydrogen-bond acceptors (Lipinski definition) is 2. The van der Waals surface area contributed by atoms with Crippen molar-refractivity contribution in [1.82, 2.24) is 0 Å². The molecule has 2 nitrogen and oxygen atoms in total. The molecule has 0 aromatic heterocycles. The molecule has 1 aliphatic rings. The number of carbonyl (C=O) groups excluding carboxylic acids is 1. The SMILES string of the molecule is C=CC(=O)OC1(CCCC)CC1. The summed E-state index contributed by atoms with van der Waals surface area (Å²) in [5.74, 6) is -0.274. The summed E-state index contributed by atoms with van der Waals surface area (Å²) in [5, 5.41) is 0. The summed E-state index contributed by atoms with van der Waals surface area (Å²) in [5.41, 5.74) is -0.0959. The fourth-order valence-corrected chi connectivity index (χ4v) is 1.30. The lowest BCUT2D eigenvalue weighted by Gasteiger charge is -2.14. The van der Waals surface area contributed by atoms with Gasteiger partial charge in [-0.25, -0.2) is 4.79 Å². The van der Waals surface area contributed by atoms with Gasteiger partial charge in [-0.15, -0.1) is 0 Å². The maximum Gasteiger partial charge on any atom is 0.330 e. The molecule has 1 saturated carbocycles. The molecule has 1 rings (SSSR count). The molecule has 0 radical (unpaired) electrons. The van der Waals surface area contributed by atoms with Gasteiger partial charge in [-0.3, -0.25) is 0 Å². The van der Waals surface area contributed by atoms with E-state index in [2.05, 4.69) is 13.5 Å². The van der Waals surface area contributed by atoms with Crippen LogP contribution in [0, 0.1) is 0 Å². The lowest BCUT2D eigenvalue weighted by Crippen LogP contribution is -2.17. The molecule has 0 amide bonds. The summed E-state index contributed by atoms with van der Waals surface area (Å²) < 4.78 is 5.24. The Hall–Kier alpha value is -0.790. The maximum atomic E-state index is 10.9. The maximum absolute atomic E-state index is 10.9. The van der Waals surface area contributed by atoms with Crippen molar-refractivity contribution < 1.29 is 9.53 Å². The highest BCUT2D eigenvalue weighted by Gasteiger charge is 2.45. The normalized spacial score (nSPS) is 18.4. The molecule has 0 saturated heterocycles. The summed E-state index contributed by atoms with van der Waals surface area (Å²) in [6, 6.07) is 0. The number of hydrogen-bond donors (Lipinski definition) is 0. The second-order valence-electron chi connectivity index (χ2n) is 3.41. The lowest BCUT2D eigenvalue weighted by atomic mass is 10.1. The first-order valence-electron chi connectivity index (χ1n) is 4.58. The minimum absolute atomic E-state index is 0.0959. The number of unbranched alkanes of at least 4 members (excludes halogenated alkanes) is 1. The van der Waals surface area contributed by atoms with Crippen LogP contribution in [0.3, 0.4) is 0 Å². The van der Waals surface area contributed by atoms with E-state index < -0.39 is 0 Å². The van der Waals surface area contributed by atoms with E-state index in [0.717, 1.165) is 32.1 Å². The van der Waals surface area contributed by atoms with Gasteiger partial charge in [0, 0.05) is 6.08 Å². The van der Waals surface area contributed by atoms with Crippen molar-refractivity contribution in [2.75, 3.05) is 0 Å². The molecule has 0 heterocycles. The molecule has 1 aliphatic carbocycles. The topological polar surface area (TPSA) is 26.3 Å². The zero-order valence-corrected chi connectivity index (χ0v) is 7.64. The van der Waals surface area contributed by atoms with E-state index in [-0.39, 0.29) is 11.6 Å². The van der Waals surface area contributed by atoms with Gasteiger partial charge in [0.2, 0.25) is 0 Å². The lowest BCUT2D eigenvalue weighted by molar-refractivity contribution is -0.145. The van der Waals surface area contributed by atoms with Gasteiger partial charge in [-0.2, -0.15) is 0 Å². The van der Waals surface area contributed by atoms with Gasteiger partial charge < -0.3 is 4.74 Å². The molecule has 0 N–H and O–H groups in total. The van der Waals surface area contributed by atoms with Crippen LogP contribution in [-0.4, -0.2) is 11.6 Å². The molecule has 0 spiro atoms. The Labute approximate surface area is 73.6 Å². The van der Waals surface area contributed by atoms with Gasteiger partial charge in [0.1, 0.15) is 5.60 Å². The number of esters is 1. The Morgan fingerprint density at radius 3 is 2.75 bits per heavy atom. The van der Waals surface area contributed by atoms with Crippen molar-refractivity contribution in [1.29, 1.82) is 0 Å². The van der Waals surface area contributed by atoms with E-state index in [9.17, 15) is 4.79 Å². The van der Waals surface area contributed by atoms with Crippen LogP contribution in [-0.2, 0) is 9.53 Å². The minimum atomic E-state index is -0.274. The molecule has 2 heteroatoms. The van der Waals surface area contributed by atoms with E-state index in [4.69, 9.17) is 4.74 Å². The number of carbonyl (C=O) groups is 1. The zero-order chi connectivity index (χ0) is 9.03. The van der Waals surface area contributed by atoms with Crippen molar-refractivity contribution in [3.05, 3.63) is 12.7 Å². The highest BCUT2D eigenvalue weighted by Crippen LogP contribution is 2.43. The molecule has 0 unspecified atom stereocenters. The van der Waals surface area contributed by atoms with E-state index in [0.29, 0.717) is 0 Å². The highest BCUT2D eigenvalue weighted by molar-refractivity contribution is 5.81. The van der Waals surface area contributed by atoms with Crippen LogP contribution in [0.4, 0.5) is 0 Å². The summed E-state index contributed by atoms with van der Waals surface area (Å²) in [6.07, 6.45) is 6.63. The van der Waals surface area contributed by atoms with Crippen LogP contribution in [0.2, 0.25) is 0 Å². The van der Waals surface area contributed by atoms with Crippen LogP contribution in [0.15, 0.2) is 12.7 Å². The molecular formula is C10H16O2. The molecular weight excluding hydrogens is 152 g/mol. The predicted molar refractivity (Wildman–Crippen MR) is 47.8 cm³/mol. The van der Waals surface area contributed by atoms with Crippen LogP contribution < -0.4 is 0 Å².